The summed E-state index contributed by atoms with van der Waals surface area (Å²) in [6.07, 6.45) is 4.07. The van der Waals surface area contributed by atoms with Gasteiger partial charge in [0.1, 0.15) is 11.4 Å². The van der Waals surface area contributed by atoms with E-state index in [1.807, 2.05) is 24.3 Å². The lowest BCUT2D eigenvalue weighted by Gasteiger charge is -2.44. The van der Waals surface area contributed by atoms with Crippen LogP contribution >= 0.6 is 0 Å². The van der Waals surface area contributed by atoms with Crippen molar-refractivity contribution in [1.82, 2.24) is 15.1 Å². The number of Topliss-reactive ketones (excluding diaryl/α,β-unsaturated/α-hetero) is 1. The Balaban J connectivity index is 1.31. The van der Waals surface area contributed by atoms with E-state index in [2.05, 4.69) is 10.2 Å². The van der Waals surface area contributed by atoms with Crippen molar-refractivity contribution in [3.63, 3.8) is 0 Å². The number of benzene rings is 2. The molecule has 9 heteroatoms. The number of ether oxygens (including phenoxy) is 1. The zero-order chi connectivity index (χ0) is 23.2. The van der Waals surface area contributed by atoms with Gasteiger partial charge in [0, 0.05) is 49.5 Å². The number of aromatic nitrogens is 2. The Morgan fingerprint density at radius 1 is 1.12 bits per heavy atom. The smallest absolute Gasteiger partial charge is 0.253 e. The number of H-pyrrole nitrogens is 1. The normalized spacial score (nSPS) is 17.5. The SMILES string of the molecule is CS(=O)(=O)c1ccc2c(c1)C(=O)CC1(CCN(C(=O)c3cccc(-c4cc[nH]n4)c3)CC1)O2. The number of fused-ring (bicyclic) bond motifs is 1. The number of nitrogens with one attached hydrogen (secondary N) is 1. The van der Waals surface area contributed by atoms with Gasteiger partial charge in [-0.15, -0.1) is 0 Å². The van der Waals surface area contributed by atoms with Gasteiger partial charge in [0.15, 0.2) is 15.6 Å². The van der Waals surface area contributed by atoms with E-state index in [0.717, 1.165) is 17.5 Å². The molecule has 0 atom stereocenters. The van der Waals surface area contributed by atoms with Gasteiger partial charge in [-0.25, -0.2) is 8.42 Å². The maximum atomic E-state index is 13.1. The summed E-state index contributed by atoms with van der Waals surface area (Å²) in [6.45, 7) is 0.936. The molecule has 3 aromatic rings. The summed E-state index contributed by atoms with van der Waals surface area (Å²) in [5.41, 5.74) is 1.85. The van der Waals surface area contributed by atoms with Gasteiger partial charge < -0.3 is 9.64 Å². The number of piperidine rings is 1. The van der Waals surface area contributed by atoms with Crippen LogP contribution < -0.4 is 4.74 Å². The number of hydrogen-bond donors (Lipinski definition) is 1. The van der Waals surface area contributed by atoms with Gasteiger partial charge in [-0.1, -0.05) is 12.1 Å². The van der Waals surface area contributed by atoms with E-state index in [-0.39, 0.29) is 23.0 Å². The fourth-order valence-electron chi connectivity index (χ4n) is 4.52. The first kappa shape index (κ1) is 21.4. The number of nitrogens with zero attached hydrogens (tertiary/aromatic N) is 2. The molecule has 0 bridgehead atoms. The van der Waals surface area contributed by atoms with Gasteiger partial charge in [-0.2, -0.15) is 5.10 Å². The molecule has 8 nitrogen and oxygen atoms in total. The minimum atomic E-state index is -3.41. The highest BCUT2D eigenvalue weighted by Gasteiger charge is 2.44. The Bertz CT molecular complexity index is 1340. The van der Waals surface area contributed by atoms with Gasteiger partial charge >= 0.3 is 0 Å². The molecule has 3 heterocycles. The second-order valence-corrected chi connectivity index (χ2v) is 10.7. The van der Waals surface area contributed by atoms with E-state index in [1.165, 1.54) is 12.1 Å². The fraction of sp³-hybridized carbons (Fsp3) is 0.292. The number of likely N-dealkylation sites (tertiary alicyclic amines) is 1. The van der Waals surface area contributed by atoms with Crippen LogP contribution in [0.4, 0.5) is 0 Å². The molecule has 1 N–H and O–H groups in total. The van der Waals surface area contributed by atoms with E-state index in [1.54, 1.807) is 23.2 Å². The summed E-state index contributed by atoms with van der Waals surface area (Å²) in [7, 11) is -3.41. The molecule has 0 radical (unpaired) electrons. The predicted octanol–water partition coefficient (Wildman–Crippen LogP) is 3.12. The molecule has 2 aromatic carbocycles. The minimum absolute atomic E-state index is 0.0671. The lowest BCUT2D eigenvalue weighted by molar-refractivity contribution is -0.00576. The van der Waals surface area contributed by atoms with Crippen molar-refractivity contribution in [2.24, 2.45) is 0 Å². The maximum absolute atomic E-state index is 13.1. The number of amides is 1. The van der Waals surface area contributed by atoms with E-state index in [9.17, 15) is 18.0 Å². The standard InChI is InChI=1S/C24H23N3O5S/c1-33(30,31)18-5-6-22-19(14-18)21(28)15-24(32-22)8-11-27(12-9-24)23(29)17-4-2-3-16(13-17)20-7-10-25-26-20/h2-7,10,13-14H,8-9,11-12,15H2,1H3,(H,25,26). The topological polar surface area (TPSA) is 109 Å². The summed E-state index contributed by atoms with van der Waals surface area (Å²) >= 11 is 0. The minimum Gasteiger partial charge on any atom is -0.486 e. The highest BCUT2D eigenvalue weighted by atomic mass is 32.2. The van der Waals surface area contributed by atoms with E-state index >= 15 is 0 Å². The zero-order valence-electron chi connectivity index (χ0n) is 18.1. The third kappa shape index (κ3) is 4.04. The van der Waals surface area contributed by atoms with Gasteiger partial charge in [0.2, 0.25) is 0 Å². The molecule has 1 fully saturated rings. The van der Waals surface area contributed by atoms with Gasteiger partial charge in [-0.05, 0) is 36.4 Å². The molecule has 170 valence electrons. The monoisotopic (exact) mass is 465 g/mol. The highest BCUT2D eigenvalue weighted by Crippen LogP contribution is 2.40. The summed E-state index contributed by atoms with van der Waals surface area (Å²) in [5.74, 6) is 0.209. The Morgan fingerprint density at radius 2 is 1.91 bits per heavy atom. The van der Waals surface area contributed by atoms with Crippen molar-refractivity contribution >= 4 is 21.5 Å². The van der Waals surface area contributed by atoms with Crippen LogP contribution in [0.3, 0.4) is 0 Å². The van der Waals surface area contributed by atoms with Crippen LogP contribution in [0.15, 0.2) is 59.6 Å². The first-order chi connectivity index (χ1) is 15.7. The predicted molar refractivity (Wildman–Crippen MR) is 121 cm³/mol. The number of carbonyl (C=O) groups excluding carboxylic acids is 2. The van der Waals surface area contributed by atoms with Crippen molar-refractivity contribution in [3.05, 3.63) is 65.9 Å². The van der Waals surface area contributed by atoms with E-state index in [0.29, 0.717) is 42.8 Å². The molecule has 0 unspecified atom stereocenters. The van der Waals surface area contributed by atoms with Gasteiger partial charge in [0.05, 0.1) is 22.6 Å². The van der Waals surface area contributed by atoms with Crippen molar-refractivity contribution in [2.75, 3.05) is 19.3 Å². The number of rotatable bonds is 3. The summed E-state index contributed by atoms with van der Waals surface area (Å²) in [4.78, 5) is 27.9. The molecule has 2 aliphatic rings. The molecule has 2 aliphatic heterocycles. The first-order valence-electron chi connectivity index (χ1n) is 10.7. The van der Waals surface area contributed by atoms with Crippen molar-refractivity contribution in [3.8, 4) is 17.0 Å². The molecule has 0 aliphatic carbocycles. The molecular formula is C24H23N3O5S. The fourth-order valence-corrected chi connectivity index (χ4v) is 5.16. The van der Waals surface area contributed by atoms with Gasteiger partial charge in [0.25, 0.3) is 5.91 Å². The third-order valence-electron chi connectivity index (χ3n) is 6.36. The lowest BCUT2D eigenvalue weighted by Crippen LogP contribution is -2.52. The Morgan fingerprint density at radius 3 is 2.61 bits per heavy atom. The number of carbonyl (C=O) groups is 2. The zero-order valence-corrected chi connectivity index (χ0v) is 18.9. The van der Waals surface area contributed by atoms with Crippen LogP contribution in [0.2, 0.25) is 0 Å². The number of hydrogen-bond acceptors (Lipinski definition) is 6. The number of sulfone groups is 1. The summed E-state index contributed by atoms with van der Waals surface area (Å²) in [6, 6.07) is 13.6. The largest absolute Gasteiger partial charge is 0.486 e. The number of aromatic amines is 1. The van der Waals surface area contributed by atoms with E-state index in [4.69, 9.17) is 4.74 Å². The second kappa shape index (κ2) is 7.84. The Hall–Kier alpha value is -3.46. The highest BCUT2D eigenvalue weighted by molar-refractivity contribution is 7.90. The maximum Gasteiger partial charge on any atom is 0.253 e. The van der Waals surface area contributed by atoms with Gasteiger partial charge in [-0.3, -0.25) is 14.7 Å². The average molecular weight is 466 g/mol. The van der Waals surface area contributed by atoms with Crippen molar-refractivity contribution in [2.45, 2.75) is 29.8 Å². The molecule has 1 spiro atoms. The van der Waals surface area contributed by atoms with Crippen LogP contribution in [0.25, 0.3) is 11.3 Å². The Kier molecular flexibility index (Phi) is 5.08. The number of ketones is 1. The third-order valence-corrected chi connectivity index (χ3v) is 7.47. The van der Waals surface area contributed by atoms with Crippen molar-refractivity contribution in [1.29, 1.82) is 0 Å². The second-order valence-electron chi connectivity index (χ2n) is 8.65. The quantitative estimate of drug-likeness (QED) is 0.637. The van der Waals surface area contributed by atoms with Crippen LogP contribution in [-0.2, 0) is 9.84 Å². The average Bonchev–Trinajstić information content (AvgIpc) is 3.33. The molecule has 0 saturated carbocycles. The molecule has 5 rings (SSSR count). The molecule has 1 aromatic heterocycles. The lowest BCUT2D eigenvalue weighted by atomic mass is 9.82. The van der Waals surface area contributed by atoms with E-state index < -0.39 is 15.4 Å². The van der Waals surface area contributed by atoms with Crippen LogP contribution in [0.1, 0.15) is 40.0 Å². The summed E-state index contributed by atoms with van der Waals surface area (Å²) < 4.78 is 29.9. The molecule has 33 heavy (non-hydrogen) atoms. The van der Waals surface area contributed by atoms with Crippen molar-refractivity contribution < 1.29 is 22.7 Å². The van der Waals surface area contributed by atoms with Crippen LogP contribution in [0.5, 0.6) is 5.75 Å². The summed E-state index contributed by atoms with van der Waals surface area (Å²) in [5, 5.41) is 6.95. The first-order valence-corrected chi connectivity index (χ1v) is 12.6. The molecular weight excluding hydrogens is 442 g/mol. The Labute approximate surface area is 191 Å². The molecule has 1 saturated heterocycles. The van der Waals surface area contributed by atoms with Crippen LogP contribution in [-0.4, -0.2) is 60.2 Å². The van der Waals surface area contributed by atoms with Crippen LogP contribution in [0, 0.1) is 0 Å². The molecule has 1 amide bonds.